The second kappa shape index (κ2) is 20.3. The minimum absolute atomic E-state index is 0.00741. The van der Waals surface area contributed by atoms with Gasteiger partial charge in [-0.05, 0) is 66.7 Å². The maximum absolute atomic E-state index is 13.0. The first-order valence-corrected chi connectivity index (χ1v) is 29.6. The molecule has 5 saturated heterocycles. The minimum Gasteiger partial charge on any atom is -0.508 e. The van der Waals surface area contributed by atoms with Crippen molar-refractivity contribution in [2.45, 2.75) is 41.5 Å². The van der Waals surface area contributed by atoms with Crippen LogP contribution in [0, 0.1) is 21.7 Å². The number of phenolic OH excluding ortho intramolecular Hbond substituents is 8. The van der Waals surface area contributed by atoms with Gasteiger partial charge in [0.1, 0.15) is 72.5 Å². The first kappa shape index (κ1) is 55.8. The van der Waals surface area contributed by atoms with Crippen molar-refractivity contribution in [3.63, 3.8) is 0 Å². The molecule has 8 N–H and O–H groups in total. The van der Waals surface area contributed by atoms with Gasteiger partial charge in [-0.25, -0.2) is 0 Å². The molecule has 28 heteroatoms. The van der Waals surface area contributed by atoms with Gasteiger partial charge in [0.25, 0.3) is 0 Å². The molecule has 5 fully saturated rings. The van der Waals surface area contributed by atoms with Gasteiger partial charge in [0.2, 0.25) is 0 Å². The predicted molar refractivity (Wildman–Crippen MR) is 259 cm³/mol. The van der Waals surface area contributed by atoms with Gasteiger partial charge in [-0.1, -0.05) is 41.5 Å². The monoisotopic (exact) mass is 1110 g/mol. The lowest BCUT2D eigenvalue weighted by Gasteiger charge is -2.42. The number of hydrogen-bond acceptors (Lipinski definition) is 23. The van der Waals surface area contributed by atoms with Crippen LogP contribution in [0.2, 0.25) is 0 Å². The van der Waals surface area contributed by atoms with Crippen molar-refractivity contribution in [3.05, 3.63) is 66.7 Å². The Hall–Kier alpha value is -3.97. The van der Waals surface area contributed by atoms with E-state index in [4.69, 9.17) is 45.2 Å². The zero-order valence-corrected chi connectivity index (χ0v) is 44.3. The molecule has 72 heavy (non-hydrogen) atoms. The fourth-order valence-electron chi connectivity index (χ4n) is 6.89. The summed E-state index contributed by atoms with van der Waals surface area (Å²) >= 11 is 0. The van der Waals surface area contributed by atoms with Crippen LogP contribution in [0.1, 0.15) is 41.5 Å². The van der Waals surface area contributed by atoms with Crippen molar-refractivity contribution in [2.75, 3.05) is 66.1 Å². The molecule has 0 atom stereocenters. The van der Waals surface area contributed by atoms with Gasteiger partial charge < -0.3 is 86.1 Å². The Morgan fingerprint density at radius 3 is 0.722 bits per heavy atom. The summed E-state index contributed by atoms with van der Waals surface area (Å²) in [5.41, 5.74) is -1.75. The van der Waals surface area contributed by atoms with Crippen LogP contribution in [0.15, 0.2) is 66.7 Å². The SMILES string of the molecule is CC1(C)COP(=O)(c2cc(O)c(P3(=O)OCC(C)(C)CO3)cc2O)OC1.CC1(C)COP(=O)(c2cc(O)ccc2O)OC1.O=P1(c2cc(O)ccc2O)OCC2(CO1)COP(=O)(c1cc(O)ccc1O)OC2. The summed E-state index contributed by atoms with van der Waals surface area (Å²) in [6, 6.07) is 12.8. The summed E-state index contributed by atoms with van der Waals surface area (Å²) in [6.45, 7) is 12.1. The molecule has 396 valence electrons. The topological polar surface area (TPSA) is 339 Å². The number of phenols is 8. The Kier molecular flexibility index (Phi) is 15.7. The highest BCUT2D eigenvalue weighted by Gasteiger charge is 2.51. The van der Waals surface area contributed by atoms with Crippen LogP contribution in [0.25, 0.3) is 0 Å². The van der Waals surface area contributed by atoms with E-state index >= 15 is 0 Å². The molecule has 0 amide bonds. The number of rotatable bonds is 5. The van der Waals surface area contributed by atoms with Gasteiger partial charge in [0.05, 0.1) is 71.5 Å². The van der Waals surface area contributed by atoms with Crippen LogP contribution >= 0.6 is 38.0 Å². The van der Waals surface area contributed by atoms with Crippen molar-refractivity contribution in [1.82, 2.24) is 0 Å². The summed E-state index contributed by atoms with van der Waals surface area (Å²) < 4.78 is 118. The Morgan fingerprint density at radius 1 is 0.306 bits per heavy atom. The highest BCUT2D eigenvalue weighted by atomic mass is 31.2. The van der Waals surface area contributed by atoms with E-state index in [1.54, 1.807) is 0 Å². The van der Waals surface area contributed by atoms with E-state index < -0.39 is 54.9 Å². The summed E-state index contributed by atoms with van der Waals surface area (Å²) in [5.74, 6) is -2.34. The molecular weight excluding hydrogens is 1050 g/mol. The molecule has 0 bridgehead atoms. The van der Waals surface area contributed by atoms with E-state index in [1.807, 2.05) is 41.5 Å². The Labute approximate surface area is 414 Å². The lowest BCUT2D eigenvalue weighted by molar-refractivity contribution is -0.0647. The quantitative estimate of drug-likeness (QED) is 0.0752. The Bertz CT molecular complexity index is 2740. The highest BCUT2D eigenvalue weighted by Crippen LogP contribution is 2.61. The van der Waals surface area contributed by atoms with Crippen LogP contribution in [-0.4, -0.2) is 107 Å². The van der Waals surface area contributed by atoms with Crippen molar-refractivity contribution in [2.24, 2.45) is 21.7 Å². The molecule has 5 heterocycles. The molecular formula is C44H57O23P5. The van der Waals surface area contributed by atoms with E-state index in [0.717, 1.165) is 24.3 Å². The fourth-order valence-corrected chi connectivity index (χ4v) is 16.7. The zero-order valence-electron chi connectivity index (χ0n) is 39.9. The smallest absolute Gasteiger partial charge is 0.365 e. The van der Waals surface area contributed by atoms with Crippen LogP contribution in [0.5, 0.6) is 46.0 Å². The first-order valence-electron chi connectivity index (χ1n) is 21.9. The number of hydrogen-bond donors (Lipinski definition) is 8. The van der Waals surface area contributed by atoms with E-state index in [0.29, 0.717) is 0 Å². The molecule has 5 aliphatic rings. The van der Waals surface area contributed by atoms with E-state index in [2.05, 4.69) is 0 Å². The normalized spacial score (nSPS) is 27.8. The van der Waals surface area contributed by atoms with Crippen molar-refractivity contribution in [3.8, 4) is 46.0 Å². The molecule has 0 saturated carbocycles. The fraction of sp³-hybridized carbons (Fsp3) is 0.455. The summed E-state index contributed by atoms with van der Waals surface area (Å²) in [5, 5.41) is 78.0. The summed E-state index contributed by atoms with van der Waals surface area (Å²) in [6.07, 6.45) is 0. The van der Waals surface area contributed by atoms with Crippen molar-refractivity contribution in [1.29, 1.82) is 0 Å². The van der Waals surface area contributed by atoms with Gasteiger partial charge in [0.15, 0.2) is 0 Å². The van der Waals surface area contributed by atoms with Crippen LogP contribution in [0.4, 0.5) is 0 Å². The Morgan fingerprint density at radius 2 is 0.500 bits per heavy atom. The molecule has 0 aliphatic carbocycles. The molecule has 0 unspecified atom stereocenters. The molecule has 9 rings (SSSR count). The van der Waals surface area contributed by atoms with Crippen LogP contribution < -0.4 is 26.5 Å². The average molecular weight is 1110 g/mol. The second-order valence-electron chi connectivity index (χ2n) is 20.1. The number of aromatic hydroxyl groups is 8. The molecule has 1 spiro atoms. The molecule has 4 aromatic carbocycles. The average Bonchev–Trinajstić information content (AvgIpc) is 3.32. The van der Waals surface area contributed by atoms with Gasteiger partial charge in [-0.15, -0.1) is 0 Å². The highest BCUT2D eigenvalue weighted by molar-refractivity contribution is 7.64. The molecule has 0 radical (unpaired) electrons. The van der Waals surface area contributed by atoms with E-state index in [1.165, 1.54) is 42.5 Å². The third kappa shape index (κ3) is 12.2. The third-order valence-corrected chi connectivity index (χ3v) is 20.8. The second-order valence-corrected chi connectivity index (χ2v) is 30.0. The lowest BCUT2D eigenvalue weighted by atomic mass is 9.93. The molecule has 0 aromatic heterocycles. The standard InChI is InChI=1S/C17H18O10P2.C16H24O8P2.C11H15O5P/c18-11-1-3-13(20)15(5-11)28(22)24-7-17(8-25-28)9-26-29(23,27-10-17)16-6-12(19)2-4-14(16)21;1-15(2)7-21-25(19,22-8-15)13-5-12(18)14(6-11(13)17)26(20)23-9-16(3,4)10-24-26;1-11(2)6-15-17(14,16-7-11)10-5-8(12)3-4-9(10)13/h1-6,18-21H,7-10H2;5-6,17-18H,7-10H2,1-4H3;3-5,12-13H,6-7H2,1-2H3. The van der Waals surface area contributed by atoms with Gasteiger partial charge >= 0.3 is 38.0 Å². The summed E-state index contributed by atoms with van der Waals surface area (Å²) in [4.78, 5) is 0. The molecule has 5 aliphatic heterocycles. The first-order chi connectivity index (χ1) is 33.3. The maximum Gasteiger partial charge on any atom is 0.365 e. The van der Waals surface area contributed by atoms with E-state index in [9.17, 15) is 63.7 Å². The Balaban J connectivity index is 0.000000164. The lowest BCUT2D eigenvalue weighted by Crippen LogP contribution is -2.47. The third-order valence-electron chi connectivity index (χ3n) is 11.3. The largest absolute Gasteiger partial charge is 0.508 e. The van der Waals surface area contributed by atoms with Crippen molar-refractivity contribution < 1.29 is 109 Å². The number of benzene rings is 4. The predicted octanol–water partition coefficient (Wildman–Crippen LogP) is 6.80. The molecule has 23 nitrogen and oxygen atoms in total. The van der Waals surface area contributed by atoms with Gasteiger partial charge in [-0.3, -0.25) is 22.8 Å². The van der Waals surface area contributed by atoms with Crippen LogP contribution in [0.3, 0.4) is 0 Å². The van der Waals surface area contributed by atoms with Gasteiger partial charge in [-0.2, -0.15) is 0 Å². The van der Waals surface area contributed by atoms with E-state index in [-0.39, 0.29) is 143 Å². The summed E-state index contributed by atoms with van der Waals surface area (Å²) in [7, 11) is -18.9. The minimum atomic E-state index is -3.89. The van der Waals surface area contributed by atoms with Crippen LogP contribution in [-0.2, 0) is 68.1 Å². The zero-order chi connectivity index (χ0) is 52.9. The van der Waals surface area contributed by atoms with Crippen molar-refractivity contribution >= 4 is 64.5 Å². The molecule has 4 aromatic rings. The van der Waals surface area contributed by atoms with Gasteiger partial charge in [0, 0.05) is 16.2 Å². The maximum atomic E-state index is 13.0.